The second-order valence-corrected chi connectivity index (χ2v) is 9.19. The Labute approximate surface area is 196 Å². The van der Waals surface area contributed by atoms with Crippen molar-refractivity contribution in [1.82, 2.24) is 4.90 Å². The second-order valence-electron chi connectivity index (χ2n) is 8.08. The van der Waals surface area contributed by atoms with Crippen molar-refractivity contribution in [2.45, 2.75) is 35.6 Å². The van der Waals surface area contributed by atoms with Gasteiger partial charge in [-0.05, 0) is 40.1 Å². The number of aliphatic hydroxyl groups excluding tert-OH is 1. The summed E-state index contributed by atoms with van der Waals surface area (Å²) in [6, 6.07) is 24.1. The van der Waals surface area contributed by atoms with Crippen LogP contribution in [0.4, 0.5) is 13.2 Å². The molecule has 7 heteroatoms. The average molecular weight is 474 g/mol. The lowest BCUT2D eigenvalue weighted by Gasteiger charge is -2.34. The number of rotatable bonds is 7. The molecular weight excluding hydrogens is 447 g/mol. The molecule has 4 rings (SSSR count). The van der Waals surface area contributed by atoms with E-state index < -0.39 is 11.6 Å². The number of halogens is 3. The number of hydrogen-bond acceptors (Lipinski definition) is 4. The van der Waals surface area contributed by atoms with Crippen LogP contribution >= 0.6 is 11.8 Å². The molecule has 0 spiro atoms. The smallest absolute Gasteiger partial charge is 0.388 e. The molecule has 1 aliphatic rings. The Balaban J connectivity index is 1.51. The molecule has 1 fully saturated rings. The minimum atomic E-state index is -4.38. The molecule has 0 aromatic heterocycles. The minimum absolute atomic E-state index is 0.0940. The quantitative estimate of drug-likeness (QED) is 0.418. The monoisotopic (exact) mass is 473 g/mol. The Morgan fingerprint density at radius 2 is 1.67 bits per heavy atom. The van der Waals surface area contributed by atoms with E-state index in [0.29, 0.717) is 24.3 Å². The molecule has 2 unspecified atom stereocenters. The maximum absolute atomic E-state index is 13.0. The van der Waals surface area contributed by atoms with Gasteiger partial charge in [0.15, 0.2) is 0 Å². The van der Waals surface area contributed by atoms with Gasteiger partial charge in [0.05, 0.1) is 18.8 Å². The van der Waals surface area contributed by atoms with Crippen LogP contribution in [-0.4, -0.2) is 35.2 Å². The number of nitrogens with zero attached hydrogens (tertiary/aromatic N) is 1. The van der Waals surface area contributed by atoms with E-state index in [1.807, 2.05) is 42.5 Å². The summed E-state index contributed by atoms with van der Waals surface area (Å²) < 4.78 is 44.9. The normalized spacial score (nSPS) is 18.2. The Kier molecular flexibility index (Phi) is 7.75. The lowest BCUT2D eigenvalue weighted by molar-refractivity contribution is -0.0342. The van der Waals surface area contributed by atoms with Crippen molar-refractivity contribution < 1.29 is 23.0 Å². The van der Waals surface area contributed by atoms with Crippen LogP contribution in [0, 0.1) is 0 Å². The van der Waals surface area contributed by atoms with E-state index in [1.54, 1.807) is 18.2 Å². The van der Waals surface area contributed by atoms with Crippen molar-refractivity contribution >= 4 is 11.8 Å². The van der Waals surface area contributed by atoms with Crippen molar-refractivity contribution in [3.05, 3.63) is 101 Å². The first kappa shape index (κ1) is 23.8. The van der Waals surface area contributed by atoms with Crippen molar-refractivity contribution in [2.75, 3.05) is 19.7 Å². The lowest BCUT2D eigenvalue weighted by Crippen LogP contribution is -2.38. The molecule has 0 bridgehead atoms. The highest BCUT2D eigenvalue weighted by atomic mass is 32.2. The van der Waals surface area contributed by atoms with Gasteiger partial charge in [-0.2, -0.15) is 13.2 Å². The van der Waals surface area contributed by atoms with E-state index in [0.717, 1.165) is 18.7 Å². The third kappa shape index (κ3) is 6.60. The Morgan fingerprint density at radius 3 is 2.45 bits per heavy atom. The van der Waals surface area contributed by atoms with E-state index in [4.69, 9.17) is 4.74 Å². The van der Waals surface area contributed by atoms with Crippen molar-refractivity contribution in [3.8, 4) is 0 Å². The number of thioether (sulfide) groups is 1. The first-order valence-electron chi connectivity index (χ1n) is 10.9. The zero-order valence-corrected chi connectivity index (χ0v) is 18.9. The van der Waals surface area contributed by atoms with Gasteiger partial charge in [0.25, 0.3) is 0 Å². The van der Waals surface area contributed by atoms with Crippen LogP contribution in [0.3, 0.4) is 0 Å². The number of morpholine rings is 1. The summed E-state index contributed by atoms with van der Waals surface area (Å²) >= 11 is -0.144. The largest absolute Gasteiger partial charge is 0.446 e. The van der Waals surface area contributed by atoms with Crippen LogP contribution in [0.15, 0.2) is 83.8 Å². The highest BCUT2D eigenvalue weighted by Gasteiger charge is 2.31. The van der Waals surface area contributed by atoms with E-state index in [9.17, 15) is 18.3 Å². The molecule has 0 radical (unpaired) electrons. The van der Waals surface area contributed by atoms with E-state index in [1.165, 1.54) is 11.6 Å². The van der Waals surface area contributed by atoms with Gasteiger partial charge in [-0.1, -0.05) is 72.8 Å². The fourth-order valence-electron chi connectivity index (χ4n) is 4.20. The predicted molar refractivity (Wildman–Crippen MR) is 124 cm³/mol. The van der Waals surface area contributed by atoms with Gasteiger partial charge in [0.1, 0.15) is 0 Å². The van der Waals surface area contributed by atoms with Crippen LogP contribution in [0.5, 0.6) is 0 Å². The Bertz CT molecular complexity index is 1040. The Hall–Kier alpha value is -2.32. The van der Waals surface area contributed by atoms with E-state index >= 15 is 0 Å². The molecule has 1 heterocycles. The van der Waals surface area contributed by atoms with E-state index in [-0.39, 0.29) is 29.2 Å². The van der Waals surface area contributed by atoms with Crippen LogP contribution < -0.4 is 0 Å². The van der Waals surface area contributed by atoms with Gasteiger partial charge in [0, 0.05) is 31.0 Å². The maximum atomic E-state index is 13.0. The topological polar surface area (TPSA) is 32.7 Å². The van der Waals surface area contributed by atoms with Gasteiger partial charge < -0.3 is 9.84 Å². The molecule has 1 aliphatic heterocycles. The number of ether oxygens (including phenoxy) is 1. The molecule has 3 aromatic rings. The molecule has 3 aromatic carbocycles. The molecule has 174 valence electrons. The van der Waals surface area contributed by atoms with Crippen molar-refractivity contribution in [3.63, 3.8) is 0 Å². The molecule has 3 nitrogen and oxygen atoms in total. The summed E-state index contributed by atoms with van der Waals surface area (Å²) in [5, 5.41) is 11.0. The zero-order chi connectivity index (χ0) is 23.3. The fraction of sp³-hybridized carbons (Fsp3) is 0.308. The summed E-state index contributed by atoms with van der Waals surface area (Å²) in [4.78, 5) is 2.44. The maximum Gasteiger partial charge on any atom is 0.446 e. The van der Waals surface area contributed by atoms with Crippen LogP contribution in [-0.2, 0) is 17.7 Å². The standard InChI is InChI=1S/C26H26F3NO2S/c27-26(28,29)33-25-13-7-4-10-20(25)16-23(31)21-11-5-6-12-22(21)24-18-30(14-15-32-24)17-19-8-2-1-3-9-19/h1-13,23-24,31H,14-18H2. The van der Waals surface area contributed by atoms with Crippen molar-refractivity contribution in [1.29, 1.82) is 0 Å². The summed E-state index contributed by atoms with van der Waals surface area (Å²) in [6.45, 7) is 2.89. The number of benzene rings is 3. The summed E-state index contributed by atoms with van der Waals surface area (Å²) in [5.74, 6) is 0. The predicted octanol–water partition coefficient (Wildman–Crippen LogP) is 6.15. The molecule has 33 heavy (non-hydrogen) atoms. The van der Waals surface area contributed by atoms with Gasteiger partial charge >= 0.3 is 5.51 Å². The van der Waals surface area contributed by atoms with Crippen LogP contribution in [0.25, 0.3) is 0 Å². The first-order valence-corrected chi connectivity index (χ1v) is 11.7. The summed E-state index contributed by atoms with van der Waals surface area (Å²) in [7, 11) is 0. The molecule has 2 atom stereocenters. The molecule has 0 amide bonds. The fourth-order valence-corrected chi connectivity index (χ4v) is 4.88. The third-order valence-electron chi connectivity index (χ3n) is 5.71. The molecular formula is C26H26F3NO2S. The number of alkyl halides is 3. The van der Waals surface area contributed by atoms with Crippen molar-refractivity contribution in [2.24, 2.45) is 0 Å². The SMILES string of the molecule is OC(Cc1ccccc1SC(F)(F)F)c1ccccc1C1CN(Cc2ccccc2)CCO1. The molecule has 0 saturated carbocycles. The first-order chi connectivity index (χ1) is 15.9. The lowest BCUT2D eigenvalue weighted by atomic mass is 9.93. The number of hydrogen-bond donors (Lipinski definition) is 1. The highest BCUT2D eigenvalue weighted by Crippen LogP contribution is 2.40. The molecule has 1 N–H and O–H groups in total. The third-order valence-corrected chi connectivity index (χ3v) is 6.56. The molecule has 1 saturated heterocycles. The summed E-state index contributed by atoms with van der Waals surface area (Å²) in [6.07, 6.45) is -1.06. The molecule has 0 aliphatic carbocycles. The van der Waals surface area contributed by atoms with E-state index in [2.05, 4.69) is 17.0 Å². The second kappa shape index (κ2) is 10.7. The zero-order valence-electron chi connectivity index (χ0n) is 18.0. The van der Waals surface area contributed by atoms with Gasteiger partial charge in [0.2, 0.25) is 0 Å². The highest BCUT2D eigenvalue weighted by molar-refractivity contribution is 8.00. The summed E-state index contributed by atoms with van der Waals surface area (Å²) in [5.41, 5.74) is -1.11. The van der Waals surface area contributed by atoms with Gasteiger partial charge in [-0.25, -0.2) is 0 Å². The van der Waals surface area contributed by atoms with Gasteiger partial charge in [-0.15, -0.1) is 0 Å². The van der Waals surface area contributed by atoms with Gasteiger partial charge in [-0.3, -0.25) is 4.90 Å². The minimum Gasteiger partial charge on any atom is -0.388 e. The Morgan fingerprint density at radius 1 is 0.970 bits per heavy atom. The average Bonchev–Trinajstić information content (AvgIpc) is 2.80. The van der Waals surface area contributed by atoms with Crippen LogP contribution in [0.2, 0.25) is 0 Å². The van der Waals surface area contributed by atoms with Crippen LogP contribution in [0.1, 0.15) is 34.5 Å². The number of aliphatic hydroxyl groups is 1.